The number of hydrogen-bond donors (Lipinski definition) is 1. The molecule has 2 fully saturated rings. The zero-order valence-electron chi connectivity index (χ0n) is 11.0. The standard InChI is InChI=1S/C14H23N3O/c15-10-12-4-2-1-3-5-13(12)17-8-6-11(7-9-17)14(16)18/h11-13H,1-9H2,(H2,16,18). The maximum absolute atomic E-state index is 11.2. The van der Waals surface area contributed by atoms with Crippen LogP contribution >= 0.6 is 0 Å². The molecule has 4 heteroatoms. The first-order valence-corrected chi connectivity index (χ1v) is 7.15. The summed E-state index contributed by atoms with van der Waals surface area (Å²) in [7, 11) is 0. The second-order valence-electron chi connectivity index (χ2n) is 5.65. The van der Waals surface area contributed by atoms with Gasteiger partial charge in [0, 0.05) is 12.0 Å². The summed E-state index contributed by atoms with van der Waals surface area (Å²) in [5, 5.41) is 9.31. The molecule has 0 spiro atoms. The average molecular weight is 249 g/mol. The van der Waals surface area contributed by atoms with E-state index in [1.165, 1.54) is 19.3 Å². The molecule has 2 rings (SSSR count). The molecule has 0 bridgehead atoms. The number of carbonyl (C=O) groups excluding carboxylic acids is 1. The summed E-state index contributed by atoms with van der Waals surface area (Å²) in [6, 6.07) is 2.90. The third kappa shape index (κ3) is 3.02. The third-order valence-corrected chi connectivity index (χ3v) is 4.55. The number of primary amides is 1. The van der Waals surface area contributed by atoms with E-state index >= 15 is 0 Å². The molecule has 4 nitrogen and oxygen atoms in total. The Morgan fingerprint density at radius 1 is 1.11 bits per heavy atom. The van der Waals surface area contributed by atoms with Gasteiger partial charge in [0.2, 0.25) is 5.91 Å². The summed E-state index contributed by atoms with van der Waals surface area (Å²) in [4.78, 5) is 13.6. The van der Waals surface area contributed by atoms with E-state index in [0.717, 1.165) is 38.8 Å². The van der Waals surface area contributed by atoms with Gasteiger partial charge in [0.15, 0.2) is 0 Å². The number of amides is 1. The lowest BCUT2D eigenvalue weighted by Crippen LogP contribution is -2.46. The van der Waals surface area contributed by atoms with Crippen LogP contribution in [0.1, 0.15) is 44.9 Å². The number of likely N-dealkylation sites (tertiary alicyclic amines) is 1. The van der Waals surface area contributed by atoms with Crippen LogP contribution in [0.4, 0.5) is 0 Å². The fourth-order valence-corrected chi connectivity index (χ4v) is 3.39. The molecule has 1 amide bonds. The van der Waals surface area contributed by atoms with Gasteiger partial charge in [0.1, 0.15) is 0 Å². The zero-order chi connectivity index (χ0) is 13.0. The van der Waals surface area contributed by atoms with Crippen molar-refractivity contribution in [1.29, 1.82) is 5.26 Å². The summed E-state index contributed by atoms with van der Waals surface area (Å²) in [5.41, 5.74) is 5.36. The minimum atomic E-state index is -0.160. The molecule has 2 N–H and O–H groups in total. The van der Waals surface area contributed by atoms with Crippen LogP contribution in [-0.4, -0.2) is 29.9 Å². The molecule has 0 aromatic heterocycles. The van der Waals surface area contributed by atoms with Crippen LogP contribution in [0.15, 0.2) is 0 Å². The van der Waals surface area contributed by atoms with Crippen molar-refractivity contribution < 1.29 is 4.79 Å². The predicted octanol–water partition coefficient (Wildman–Crippen LogP) is 1.66. The first-order valence-electron chi connectivity index (χ1n) is 7.15. The summed E-state index contributed by atoms with van der Waals surface area (Å²) < 4.78 is 0. The van der Waals surface area contributed by atoms with Gasteiger partial charge in [0.25, 0.3) is 0 Å². The smallest absolute Gasteiger partial charge is 0.220 e. The van der Waals surface area contributed by atoms with Crippen LogP contribution < -0.4 is 5.73 Å². The van der Waals surface area contributed by atoms with Crippen LogP contribution in [0.25, 0.3) is 0 Å². The summed E-state index contributed by atoms with van der Waals surface area (Å²) >= 11 is 0. The maximum Gasteiger partial charge on any atom is 0.220 e. The largest absolute Gasteiger partial charge is 0.369 e. The van der Waals surface area contributed by atoms with Gasteiger partial charge in [-0.05, 0) is 38.8 Å². The first kappa shape index (κ1) is 13.4. The Labute approximate surface area is 109 Å². The Balaban J connectivity index is 1.94. The van der Waals surface area contributed by atoms with Gasteiger partial charge in [-0.2, -0.15) is 5.26 Å². The van der Waals surface area contributed by atoms with Crippen molar-refractivity contribution in [2.45, 2.75) is 51.0 Å². The van der Waals surface area contributed by atoms with E-state index in [0.29, 0.717) is 6.04 Å². The van der Waals surface area contributed by atoms with Crippen LogP contribution in [0.3, 0.4) is 0 Å². The van der Waals surface area contributed by atoms with Crippen molar-refractivity contribution in [3.05, 3.63) is 0 Å². The third-order valence-electron chi connectivity index (χ3n) is 4.55. The number of piperidine rings is 1. The second-order valence-corrected chi connectivity index (χ2v) is 5.65. The number of rotatable bonds is 2. The highest BCUT2D eigenvalue weighted by Gasteiger charge is 2.32. The number of hydrogen-bond acceptors (Lipinski definition) is 3. The van der Waals surface area contributed by atoms with Crippen molar-refractivity contribution in [1.82, 2.24) is 4.90 Å². The van der Waals surface area contributed by atoms with Crippen molar-refractivity contribution in [3.63, 3.8) is 0 Å². The highest BCUT2D eigenvalue weighted by molar-refractivity contribution is 5.76. The van der Waals surface area contributed by atoms with Crippen molar-refractivity contribution >= 4 is 5.91 Å². The molecule has 1 heterocycles. The summed E-state index contributed by atoms with van der Waals surface area (Å²) in [5.74, 6) is 0.0672. The Hall–Kier alpha value is -1.08. The van der Waals surface area contributed by atoms with Crippen molar-refractivity contribution in [3.8, 4) is 6.07 Å². The van der Waals surface area contributed by atoms with E-state index in [1.54, 1.807) is 0 Å². The summed E-state index contributed by atoms with van der Waals surface area (Å²) in [6.45, 7) is 1.85. The van der Waals surface area contributed by atoms with Gasteiger partial charge in [-0.25, -0.2) is 0 Å². The molecule has 0 aromatic rings. The fraction of sp³-hybridized carbons (Fsp3) is 0.857. The highest BCUT2D eigenvalue weighted by atomic mass is 16.1. The lowest BCUT2D eigenvalue weighted by Gasteiger charge is -2.38. The van der Waals surface area contributed by atoms with Crippen molar-refractivity contribution in [2.75, 3.05) is 13.1 Å². The topological polar surface area (TPSA) is 70.1 Å². The normalized spacial score (nSPS) is 31.5. The maximum atomic E-state index is 11.2. The Kier molecular flexibility index (Phi) is 4.60. The number of nitrogens with two attached hydrogens (primary N) is 1. The van der Waals surface area contributed by atoms with Gasteiger partial charge in [-0.15, -0.1) is 0 Å². The van der Waals surface area contributed by atoms with Crippen LogP contribution in [0.2, 0.25) is 0 Å². The van der Waals surface area contributed by atoms with E-state index in [4.69, 9.17) is 5.73 Å². The van der Waals surface area contributed by atoms with Crippen molar-refractivity contribution in [2.24, 2.45) is 17.6 Å². The van der Waals surface area contributed by atoms with E-state index in [1.807, 2.05) is 0 Å². The van der Waals surface area contributed by atoms with Gasteiger partial charge < -0.3 is 5.73 Å². The number of nitriles is 1. The number of nitrogens with zero attached hydrogens (tertiary/aromatic N) is 2. The molecule has 0 aromatic carbocycles. The zero-order valence-corrected chi connectivity index (χ0v) is 11.0. The van der Waals surface area contributed by atoms with E-state index < -0.39 is 0 Å². The lowest BCUT2D eigenvalue weighted by atomic mass is 9.90. The van der Waals surface area contributed by atoms with E-state index in [-0.39, 0.29) is 17.7 Å². The second kappa shape index (κ2) is 6.19. The molecule has 2 aliphatic rings. The lowest BCUT2D eigenvalue weighted by molar-refractivity contribution is -0.123. The molecule has 2 atom stereocenters. The average Bonchev–Trinajstić information content (AvgIpc) is 2.63. The number of carbonyl (C=O) groups is 1. The minimum Gasteiger partial charge on any atom is -0.369 e. The monoisotopic (exact) mass is 249 g/mol. The molecule has 1 saturated carbocycles. The Morgan fingerprint density at radius 3 is 2.39 bits per heavy atom. The van der Waals surface area contributed by atoms with Gasteiger partial charge in [0.05, 0.1) is 12.0 Å². The van der Waals surface area contributed by atoms with Gasteiger partial charge in [-0.1, -0.05) is 19.3 Å². The highest BCUT2D eigenvalue weighted by Crippen LogP contribution is 2.30. The molecule has 1 saturated heterocycles. The fourth-order valence-electron chi connectivity index (χ4n) is 3.39. The van der Waals surface area contributed by atoms with Crippen LogP contribution in [0.5, 0.6) is 0 Å². The van der Waals surface area contributed by atoms with E-state index in [9.17, 15) is 10.1 Å². The quantitative estimate of drug-likeness (QED) is 0.757. The minimum absolute atomic E-state index is 0.0487. The molecule has 1 aliphatic heterocycles. The molecule has 1 aliphatic carbocycles. The predicted molar refractivity (Wildman–Crippen MR) is 69.5 cm³/mol. The summed E-state index contributed by atoms with van der Waals surface area (Å²) in [6.07, 6.45) is 7.59. The molecular formula is C14H23N3O. The van der Waals surface area contributed by atoms with Gasteiger partial charge in [-0.3, -0.25) is 9.69 Å². The Morgan fingerprint density at radius 2 is 1.78 bits per heavy atom. The van der Waals surface area contributed by atoms with E-state index in [2.05, 4.69) is 11.0 Å². The van der Waals surface area contributed by atoms with Crippen LogP contribution in [-0.2, 0) is 4.79 Å². The molecular weight excluding hydrogens is 226 g/mol. The molecule has 100 valence electrons. The van der Waals surface area contributed by atoms with Gasteiger partial charge >= 0.3 is 0 Å². The van der Waals surface area contributed by atoms with Crippen LogP contribution in [0, 0.1) is 23.2 Å². The first-order chi connectivity index (χ1) is 8.72. The Bertz CT molecular complexity index is 328. The molecule has 0 radical (unpaired) electrons. The SMILES string of the molecule is N#CC1CCCCCC1N1CCC(C(N)=O)CC1. The molecule has 18 heavy (non-hydrogen) atoms. The molecule has 2 unspecified atom stereocenters.